The van der Waals surface area contributed by atoms with E-state index in [4.69, 9.17) is 4.74 Å². The minimum atomic E-state index is -0.600. The van der Waals surface area contributed by atoms with E-state index in [9.17, 15) is 9.59 Å². The van der Waals surface area contributed by atoms with Crippen molar-refractivity contribution < 1.29 is 14.4 Å². The van der Waals surface area contributed by atoms with E-state index in [1.165, 1.54) is 9.58 Å². The molecule has 0 amide bonds. The molecule has 0 atom stereocenters. The van der Waals surface area contributed by atoms with E-state index in [2.05, 4.69) is 18.9 Å². The summed E-state index contributed by atoms with van der Waals surface area (Å²) in [4.78, 5) is 27.8. The van der Waals surface area contributed by atoms with Gasteiger partial charge in [0, 0.05) is 17.7 Å². The highest BCUT2D eigenvalue weighted by Crippen LogP contribution is 2.32. The van der Waals surface area contributed by atoms with Crippen LogP contribution < -0.4 is 10.5 Å². The van der Waals surface area contributed by atoms with Gasteiger partial charge in [-0.25, -0.2) is 9.48 Å². The zero-order valence-corrected chi connectivity index (χ0v) is 18.4. The van der Waals surface area contributed by atoms with Crippen LogP contribution in [0.5, 0.6) is 0 Å². The molecule has 6 heteroatoms. The van der Waals surface area contributed by atoms with Crippen molar-refractivity contribution in [1.29, 1.82) is 0 Å². The van der Waals surface area contributed by atoms with Crippen LogP contribution >= 0.6 is 0 Å². The summed E-state index contributed by atoms with van der Waals surface area (Å²) in [6.07, 6.45) is 0. The van der Waals surface area contributed by atoms with Gasteiger partial charge in [-0.2, -0.15) is 5.10 Å². The first-order chi connectivity index (χ1) is 15.1. The van der Waals surface area contributed by atoms with Gasteiger partial charge in [0.1, 0.15) is 18.7 Å². The average Bonchev–Trinajstić information content (AvgIpc) is 2.82. The predicted octanol–water partition coefficient (Wildman–Crippen LogP) is 2.68. The molecule has 0 fully saturated rings. The minimum absolute atomic E-state index is 0.0384. The van der Waals surface area contributed by atoms with Crippen LogP contribution in [0.3, 0.4) is 0 Å². The SMILES string of the molecule is CCn1nc(-c2ccccc2)c(-c2ccccc2)c(C(=O)OCC[NH+](CC)CC)c1=O. The van der Waals surface area contributed by atoms with E-state index in [1.807, 2.05) is 67.6 Å². The highest BCUT2D eigenvalue weighted by molar-refractivity contribution is 6.00. The Morgan fingerprint density at radius 1 is 0.935 bits per heavy atom. The molecule has 162 valence electrons. The standard InChI is InChI=1S/C25H29N3O3/c1-4-27(5-2)17-18-31-25(30)22-21(19-13-9-7-10-14-19)23(20-15-11-8-12-16-20)26-28(6-3)24(22)29/h7-16H,4-6,17-18H2,1-3H3/p+1. The molecule has 1 heterocycles. The maximum atomic E-state index is 13.2. The zero-order valence-electron chi connectivity index (χ0n) is 18.4. The summed E-state index contributed by atoms with van der Waals surface area (Å²) in [6.45, 7) is 9.28. The van der Waals surface area contributed by atoms with Crippen molar-refractivity contribution in [3.8, 4) is 22.4 Å². The van der Waals surface area contributed by atoms with Crippen molar-refractivity contribution in [2.24, 2.45) is 0 Å². The monoisotopic (exact) mass is 420 g/mol. The molecule has 0 saturated heterocycles. The summed E-state index contributed by atoms with van der Waals surface area (Å²) >= 11 is 0. The van der Waals surface area contributed by atoms with Crippen LogP contribution in [0, 0.1) is 0 Å². The van der Waals surface area contributed by atoms with E-state index in [-0.39, 0.29) is 12.2 Å². The molecule has 31 heavy (non-hydrogen) atoms. The molecule has 0 aliphatic rings. The molecule has 0 saturated carbocycles. The summed E-state index contributed by atoms with van der Waals surface area (Å²) in [5, 5.41) is 4.61. The fourth-order valence-electron chi connectivity index (χ4n) is 3.62. The fraction of sp³-hybridized carbons (Fsp3) is 0.320. The number of aromatic nitrogens is 2. The molecule has 0 unspecified atom stereocenters. The molecule has 3 rings (SSSR count). The van der Waals surface area contributed by atoms with Crippen LogP contribution in [-0.4, -0.2) is 42.0 Å². The molecular formula is C25H30N3O3+. The van der Waals surface area contributed by atoms with Crippen molar-refractivity contribution in [1.82, 2.24) is 9.78 Å². The lowest BCUT2D eigenvalue weighted by atomic mass is 9.95. The second kappa shape index (κ2) is 10.7. The van der Waals surface area contributed by atoms with Gasteiger partial charge in [0.15, 0.2) is 0 Å². The van der Waals surface area contributed by atoms with E-state index < -0.39 is 11.5 Å². The molecular weight excluding hydrogens is 390 g/mol. The van der Waals surface area contributed by atoms with Crippen molar-refractivity contribution in [3.63, 3.8) is 0 Å². The highest BCUT2D eigenvalue weighted by atomic mass is 16.5. The van der Waals surface area contributed by atoms with Crippen LogP contribution in [0.4, 0.5) is 0 Å². The Kier molecular flexibility index (Phi) is 7.73. The van der Waals surface area contributed by atoms with Crippen LogP contribution in [0.1, 0.15) is 31.1 Å². The number of likely N-dealkylation sites (N-methyl/N-ethyl adjacent to an activating group) is 1. The van der Waals surface area contributed by atoms with Crippen LogP contribution in [0.15, 0.2) is 65.5 Å². The lowest BCUT2D eigenvalue weighted by Crippen LogP contribution is -3.11. The Labute approximate surface area is 183 Å². The minimum Gasteiger partial charge on any atom is -0.456 e. The number of carbonyl (C=O) groups excluding carboxylic acids is 1. The summed E-state index contributed by atoms with van der Waals surface area (Å²) in [5.74, 6) is -0.600. The maximum absolute atomic E-state index is 13.2. The number of ether oxygens (including phenoxy) is 1. The third kappa shape index (κ3) is 5.09. The smallest absolute Gasteiger partial charge is 0.344 e. The Balaban J connectivity index is 2.14. The van der Waals surface area contributed by atoms with E-state index in [0.717, 1.165) is 24.2 Å². The summed E-state index contributed by atoms with van der Waals surface area (Å²) in [5.41, 5.74) is 2.31. The van der Waals surface area contributed by atoms with Gasteiger partial charge >= 0.3 is 5.97 Å². The van der Waals surface area contributed by atoms with E-state index >= 15 is 0 Å². The first kappa shape index (κ1) is 22.4. The number of hydrogen-bond donors (Lipinski definition) is 1. The van der Waals surface area contributed by atoms with Crippen LogP contribution in [-0.2, 0) is 11.3 Å². The normalized spacial score (nSPS) is 11.0. The van der Waals surface area contributed by atoms with Crippen molar-refractivity contribution >= 4 is 5.97 Å². The Bertz CT molecular complexity index is 1060. The number of rotatable bonds is 9. The Morgan fingerprint density at radius 3 is 2.06 bits per heavy atom. The maximum Gasteiger partial charge on any atom is 0.344 e. The third-order valence-corrected chi connectivity index (χ3v) is 5.46. The highest BCUT2D eigenvalue weighted by Gasteiger charge is 2.26. The molecule has 0 radical (unpaired) electrons. The quantitative estimate of drug-likeness (QED) is 0.541. The third-order valence-electron chi connectivity index (χ3n) is 5.46. The van der Waals surface area contributed by atoms with E-state index in [1.54, 1.807) is 0 Å². The van der Waals surface area contributed by atoms with Gasteiger partial charge in [0.2, 0.25) is 0 Å². The molecule has 3 aromatic rings. The first-order valence-electron chi connectivity index (χ1n) is 10.9. The number of carbonyl (C=O) groups is 1. The number of hydrogen-bond acceptors (Lipinski definition) is 4. The van der Waals surface area contributed by atoms with Gasteiger partial charge in [0.05, 0.1) is 18.8 Å². The summed E-state index contributed by atoms with van der Waals surface area (Å²) in [6, 6.07) is 19.0. The molecule has 6 nitrogen and oxygen atoms in total. The number of nitrogens with zero attached hydrogens (tertiary/aromatic N) is 2. The summed E-state index contributed by atoms with van der Waals surface area (Å²) < 4.78 is 6.93. The first-order valence-corrected chi connectivity index (χ1v) is 10.9. The number of quaternary nitrogens is 1. The average molecular weight is 421 g/mol. The molecule has 2 aromatic carbocycles. The molecule has 0 aliphatic heterocycles. The topological polar surface area (TPSA) is 65.6 Å². The van der Waals surface area contributed by atoms with Crippen molar-refractivity contribution in [2.75, 3.05) is 26.2 Å². The van der Waals surface area contributed by atoms with Gasteiger partial charge in [-0.15, -0.1) is 0 Å². The second-order valence-electron chi connectivity index (χ2n) is 7.29. The predicted molar refractivity (Wildman–Crippen MR) is 122 cm³/mol. The summed E-state index contributed by atoms with van der Waals surface area (Å²) in [7, 11) is 0. The number of nitrogens with one attached hydrogen (secondary N) is 1. The number of benzene rings is 2. The number of aryl methyl sites for hydroxylation is 1. The van der Waals surface area contributed by atoms with Gasteiger partial charge in [-0.1, -0.05) is 60.7 Å². The van der Waals surface area contributed by atoms with Crippen LogP contribution in [0.2, 0.25) is 0 Å². The number of esters is 1. The van der Waals surface area contributed by atoms with E-state index in [0.29, 0.717) is 24.3 Å². The van der Waals surface area contributed by atoms with Crippen molar-refractivity contribution in [3.05, 3.63) is 76.6 Å². The Morgan fingerprint density at radius 2 is 1.52 bits per heavy atom. The van der Waals surface area contributed by atoms with Gasteiger partial charge in [-0.05, 0) is 26.3 Å². The lowest BCUT2D eigenvalue weighted by Gasteiger charge is -2.17. The van der Waals surface area contributed by atoms with Gasteiger partial charge < -0.3 is 9.64 Å². The molecule has 1 N–H and O–H groups in total. The largest absolute Gasteiger partial charge is 0.456 e. The van der Waals surface area contributed by atoms with Gasteiger partial charge in [0.25, 0.3) is 5.56 Å². The van der Waals surface area contributed by atoms with Crippen LogP contribution in [0.25, 0.3) is 22.4 Å². The zero-order chi connectivity index (χ0) is 22.2. The second-order valence-corrected chi connectivity index (χ2v) is 7.29. The van der Waals surface area contributed by atoms with Gasteiger partial charge in [-0.3, -0.25) is 4.79 Å². The molecule has 0 spiro atoms. The molecule has 0 bridgehead atoms. The molecule has 1 aromatic heterocycles. The lowest BCUT2D eigenvalue weighted by molar-refractivity contribution is -0.896. The fourth-order valence-corrected chi connectivity index (χ4v) is 3.62. The Hall–Kier alpha value is -3.25. The van der Waals surface area contributed by atoms with Crippen molar-refractivity contribution in [2.45, 2.75) is 27.3 Å². The molecule has 0 aliphatic carbocycles.